The van der Waals surface area contributed by atoms with E-state index < -0.39 is 0 Å². The minimum absolute atomic E-state index is 0.0282. The minimum Gasteiger partial charge on any atom is -0.322 e. The standard InChI is InChI=1S/C10H18N4O/c1-4-8-9(7-14(3)13-8)12-10(15)6-11-5-2/h7,11H,4-6H2,1-3H3,(H,12,15). The van der Waals surface area contributed by atoms with Crippen molar-refractivity contribution in [3.05, 3.63) is 11.9 Å². The van der Waals surface area contributed by atoms with Gasteiger partial charge in [-0.2, -0.15) is 5.10 Å². The number of nitrogens with zero attached hydrogens (tertiary/aromatic N) is 2. The van der Waals surface area contributed by atoms with Crippen molar-refractivity contribution in [1.82, 2.24) is 15.1 Å². The van der Waals surface area contributed by atoms with Crippen LogP contribution in [0.3, 0.4) is 0 Å². The van der Waals surface area contributed by atoms with E-state index in [9.17, 15) is 4.79 Å². The van der Waals surface area contributed by atoms with Crippen LogP contribution in [0.25, 0.3) is 0 Å². The topological polar surface area (TPSA) is 59.0 Å². The number of hydrogen-bond donors (Lipinski definition) is 2. The Balaban J connectivity index is 2.59. The molecule has 0 radical (unpaired) electrons. The highest BCUT2D eigenvalue weighted by Gasteiger charge is 2.08. The molecule has 84 valence electrons. The fourth-order valence-electron chi connectivity index (χ4n) is 1.33. The van der Waals surface area contributed by atoms with Crippen LogP contribution in [-0.2, 0) is 18.3 Å². The molecule has 0 unspecified atom stereocenters. The van der Waals surface area contributed by atoms with Crippen LogP contribution >= 0.6 is 0 Å². The predicted octanol–water partition coefficient (Wildman–Crippen LogP) is 0.530. The second-order valence-corrected chi connectivity index (χ2v) is 3.35. The van der Waals surface area contributed by atoms with E-state index in [0.29, 0.717) is 6.54 Å². The molecule has 2 N–H and O–H groups in total. The lowest BCUT2D eigenvalue weighted by atomic mass is 10.3. The number of nitrogens with one attached hydrogen (secondary N) is 2. The number of rotatable bonds is 5. The van der Waals surface area contributed by atoms with Gasteiger partial charge in [0.25, 0.3) is 0 Å². The molecule has 1 aromatic heterocycles. The maximum atomic E-state index is 11.4. The molecule has 0 saturated carbocycles. The van der Waals surface area contributed by atoms with Crippen molar-refractivity contribution >= 4 is 11.6 Å². The first-order valence-corrected chi connectivity index (χ1v) is 5.20. The molecule has 0 saturated heterocycles. The molecule has 0 aromatic carbocycles. The Kier molecular flexibility index (Phi) is 4.30. The van der Waals surface area contributed by atoms with Gasteiger partial charge < -0.3 is 10.6 Å². The summed E-state index contributed by atoms with van der Waals surface area (Å²) in [5.74, 6) is -0.0282. The van der Waals surface area contributed by atoms with Crippen LogP contribution in [-0.4, -0.2) is 28.8 Å². The molecule has 1 rings (SSSR count). The molecule has 1 amide bonds. The van der Waals surface area contributed by atoms with Gasteiger partial charge in [0.2, 0.25) is 5.91 Å². The van der Waals surface area contributed by atoms with E-state index in [1.54, 1.807) is 4.68 Å². The highest BCUT2D eigenvalue weighted by atomic mass is 16.1. The van der Waals surface area contributed by atoms with Crippen LogP contribution in [0.1, 0.15) is 19.5 Å². The van der Waals surface area contributed by atoms with Gasteiger partial charge in [-0.15, -0.1) is 0 Å². The molecule has 1 aromatic rings. The van der Waals surface area contributed by atoms with Crippen molar-refractivity contribution in [2.75, 3.05) is 18.4 Å². The van der Waals surface area contributed by atoms with Crippen LogP contribution < -0.4 is 10.6 Å². The summed E-state index contributed by atoms with van der Waals surface area (Å²) in [5.41, 5.74) is 1.73. The van der Waals surface area contributed by atoms with Crippen LogP contribution in [0.4, 0.5) is 5.69 Å². The molecule has 5 heteroatoms. The number of anilines is 1. The average Bonchev–Trinajstić information content (AvgIpc) is 2.55. The highest BCUT2D eigenvalue weighted by molar-refractivity contribution is 5.92. The molecular weight excluding hydrogens is 192 g/mol. The molecule has 0 spiro atoms. The van der Waals surface area contributed by atoms with Crippen molar-refractivity contribution in [2.45, 2.75) is 20.3 Å². The first-order chi connectivity index (χ1) is 7.17. The molecular formula is C10H18N4O. The maximum absolute atomic E-state index is 11.4. The Labute approximate surface area is 89.9 Å². The van der Waals surface area contributed by atoms with Gasteiger partial charge in [-0.25, -0.2) is 0 Å². The smallest absolute Gasteiger partial charge is 0.238 e. The normalized spacial score (nSPS) is 10.3. The van der Waals surface area contributed by atoms with Gasteiger partial charge in [0.1, 0.15) is 0 Å². The van der Waals surface area contributed by atoms with E-state index in [2.05, 4.69) is 15.7 Å². The quantitative estimate of drug-likeness (QED) is 0.745. The summed E-state index contributed by atoms with van der Waals surface area (Å²) < 4.78 is 1.71. The third-order valence-electron chi connectivity index (χ3n) is 2.05. The number of aromatic nitrogens is 2. The SMILES string of the molecule is CCNCC(=O)Nc1cn(C)nc1CC. The summed E-state index contributed by atoms with van der Waals surface area (Å²) in [6, 6.07) is 0. The largest absolute Gasteiger partial charge is 0.322 e. The van der Waals surface area contributed by atoms with Gasteiger partial charge in [-0.3, -0.25) is 9.48 Å². The number of aryl methyl sites for hydroxylation is 2. The highest BCUT2D eigenvalue weighted by Crippen LogP contribution is 2.12. The summed E-state index contributed by atoms with van der Waals surface area (Å²) in [6.45, 7) is 5.12. The summed E-state index contributed by atoms with van der Waals surface area (Å²) in [4.78, 5) is 11.4. The Morgan fingerprint density at radius 2 is 2.27 bits per heavy atom. The Hall–Kier alpha value is -1.36. The molecule has 0 atom stereocenters. The molecule has 15 heavy (non-hydrogen) atoms. The second kappa shape index (κ2) is 5.50. The molecule has 5 nitrogen and oxygen atoms in total. The third-order valence-corrected chi connectivity index (χ3v) is 2.05. The number of likely N-dealkylation sites (N-methyl/N-ethyl adjacent to an activating group) is 1. The van der Waals surface area contributed by atoms with E-state index >= 15 is 0 Å². The van der Waals surface area contributed by atoms with Gasteiger partial charge in [0.05, 0.1) is 17.9 Å². The second-order valence-electron chi connectivity index (χ2n) is 3.35. The van der Waals surface area contributed by atoms with Gasteiger partial charge in [0, 0.05) is 13.2 Å². The van der Waals surface area contributed by atoms with Gasteiger partial charge in [-0.05, 0) is 13.0 Å². The Morgan fingerprint density at radius 3 is 2.87 bits per heavy atom. The van der Waals surface area contributed by atoms with E-state index in [0.717, 1.165) is 24.3 Å². The number of amides is 1. The van der Waals surface area contributed by atoms with E-state index in [1.165, 1.54) is 0 Å². The number of carbonyl (C=O) groups excluding carboxylic acids is 1. The molecule has 0 aliphatic carbocycles. The summed E-state index contributed by atoms with van der Waals surface area (Å²) >= 11 is 0. The van der Waals surface area contributed by atoms with Crippen LogP contribution in [0.5, 0.6) is 0 Å². The number of hydrogen-bond acceptors (Lipinski definition) is 3. The van der Waals surface area contributed by atoms with Crippen molar-refractivity contribution in [3.63, 3.8) is 0 Å². The first kappa shape index (κ1) is 11.7. The zero-order chi connectivity index (χ0) is 11.3. The van der Waals surface area contributed by atoms with Crippen LogP contribution in [0, 0.1) is 0 Å². The lowest BCUT2D eigenvalue weighted by molar-refractivity contribution is -0.115. The Bertz CT molecular complexity index is 332. The molecule has 0 bridgehead atoms. The van der Waals surface area contributed by atoms with Gasteiger partial charge in [0.15, 0.2) is 0 Å². The third kappa shape index (κ3) is 3.36. The maximum Gasteiger partial charge on any atom is 0.238 e. The zero-order valence-corrected chi connectivity index (χ0v) is 9.50. The predicted molar refractivity (Wildman–Crippen MR) is 59.8 cm³/mol. The van der Waals surface area contributed by atoms with E-state index in [4.69, 9.17) is 0 Å². The zero-order valence-electron chi connectivity index (χ0n) is 9.50. The van der Waals surface area contributed by atoms with Crippen LogP contribution in [0.2, 0.25) is 0 Å². The molecule has 1 heterocycles. The summed E-state index contributed by atoms with van der Waals surface area (Å²) in [7, 11) is 1.85. The van der Waals surface area contributed by atoms with Gasteiger partial charge in [-0.1, -0.05) is 13.8 Å². The summed E-state index contributed by atoms with van der Waals surface area (Å²) in [6.07, 6.45) is 2.64. The van der Waals surface area contributed by atoms with Crippen molar-refractivity contribution in [2.24, 2.45) is 7.05 Å². The van der Waals surface area contributed by atoms with Crippen molar-refractivity contribution in [1.29, 1.82) is 0 Å². The number of carbonyl (C=O) groups is 1. The van der Waals surface area contributed by atoms with E-state index in [1.807, 2.05) is 27.1 Å². The van der Waals surface area contributed by atoms with Crippen LogP contribution in [0.15, 0.2) is 6.20 Å². The first-order valence-electron chi connectivity index (χ1n) is 5.20. The lowest BCUT2D eigenvalue weighted by Gasteiger charge is -2.04. The van der Waals surface area contributed by atoms with Crippen molar-refractivity contribution in [3.8, 4) is 0 Å². The monoisotopic (exact) mass is 210 g/mol. The summed E-state index contributed by atoms with van der Waals surface area (Å²) in [5, 5.41) is 10.0. The Morgan fingerprint density at radius 1 is 1.53 bits per heavy atom. The van der Waals surface area contributed by atoms with Crippen molar-refractivity contribution < 1.29 is 4.79 Å². The fourth-order valence-corrected chi connectivity index (χ4v) is 1.33. The molecule has 0 fully saturated rings. The lowest BCUT2D eigenvalue weighted by Crippen LogP contribution is -2.27. The fraction of sp³-hybridized carbons (Fsp3) is 0.600. The molecule has 0 aliphatic rings. The van der Waals surface area contributed by atoms with Gasteiger partial charge >= 0.3 is 0 Å². The average molecular weight is 210 g/mol. The van der Waals surface area contributed by atoms with E-state index in [-0.39, 0.29) is 5.91 Å². The minimum atomic E-state index is -0.0282. The molecule has 0 aliphatic heterocycles.